The van der Waals surface area contributed by atoms with Crippen LogP contribution in [0.3, 0.4) is 0 Å². The number of halogens is 1. The highest BCUT2D eigenvalue weighted by Crippen LogP contribution is 2.42. The Hall–Kier alpha value is -2.42. The number of rotatable bonds is 6. The molecule has 9 heteroatoms. The second-order valence-electron chi connectivity index (χ2n) is 6.76. The van der Waals surface area contributed by atoms with Gasteiger partial charge in [-0.1, -0.05) is 23.9 Å². The van der Waals surface area contributed by atoms with Crippen molar-refractivity contribution in [2.75, 3.05) is 0 Å². The van der Waals surface area contributed by atoms with Gasteiger partial charge in [-0.25, -0.2) is 9.18 Å². The zero-order valence-electron chi connectivity index (χ0n) is 15.4. The van der Waals surface area contributed by atoms with Crippen LogP contribution in [0.2, 0.25) is 0 Å². The maximum Gasteiger partial charge on any atom is 0.321 e. The van der Waals surface area contributed by atoms with Crippen LogP contribution in [0.25, 0.3) is 11.4 Å². The first-order chi connectivity index (χ1) is 12.9. The van der Waals surface area contributed by atoms with Crippen molar-refractivity contribution in [2.24, 2.45) is 0 Å². The lowest BCUT2D eigenvalue weighted by Gasteiger charge is -2.14. The van der Waals surface area contributed by atoms with Crippen LogP contribution in [0, 0.1) is 5.82 Å². The summed E-state index contributed by atoms with van der Waals surface area (Å²) in [4.78, 5) is 24.0. The van der Waals surface area contributed by atoms with Crippen molar-refractivity contribution in [1.29, 1.82) is 0 Å². The summed E-state index contributed by atoms with van der Waals surface area (Å²) in [5, 5.41) is 13.2. The van der Waals surface area contributed by atoms with Crippen LogP contribution >= 0.6 is 11.8 Å². The minimum atomic E-state index is -0.557. The van der Waals surface area contributed by atoms with Gasteiger partial charge in [0, 0.05) is 12.1 Å². The molecule has 1 aliphatic rings. The first kappa shape index (κ1) is 19.3. The van der Waals surface area contributed by atoms with Crippen LogP contribution in [-0.2, 0) is 4.79 Å². The van der Waals surface area contributed by atoms with Gasteiger partial charge < -0.3 is 5.32 Å². The molecule has 1 atom stereocenters. The molecule has 1 heterocycles. The van der Waals surface area contributed by atoms with E-state index in [4.69, 9.17) is 0 Å². The van der Waals surface area contributed by atoms with Gasteiger partial charge in [-0.05, 0) is 45.7 Å². The van der Waals surface area contributed by atoms with E-state index in [1.54, 1.807) is 25.1 Å². The summed E-state index contributed by atoms with van der Waals surface area (Å²) < 4.78 is 16.1. The van der Waals surface area contributed by atoms with Crippen LogP contribution in [0.15, 0.2) is 29.4 Å². The third-order valence-corrected chi connectivity index (χ3v) is 5.06. The van der Waals surface area contributed by atoms with Gasteiger partial charge in [0.2, 0.25) is 5.91 Å². The van der Waals surface area contributed by atoms with E-state index in [0.717, 1.165) is 12.8 Å². The number of hydrogen-bond donors (Lipinski definition) is 2. The number of imide groups is 1. The maximum absolute atomic E-state index is 14.2. The summed E-state index contributed by atoms with van der Waals surface area (Å²) in [6, 6.07) is 6.04. The molecule has 27 heavy (non-hydrogen) atoms. The fourth-order valence-corrected chi connectivity index (χ4v) is 3.49. The number of thioether (sulfide) groups is 1. The molecule has 1 saturated carbocycles. The monoisotopic (exact) mass is 391 g/mol. The van der Waals surface area contributed by atoms with E-state index in [1.807, 2.05) is 18.4 Å². The molecule has 0 spiro atoms. The normalized spacial score (nSPS) is 14.9. The summed E-state index contributed by atoms with van der Waals surface area (Å²) in [5.41, 5.74) is 0.386. The molecule has 1 aromatic carbocycles. The zero-order valence-corrected chi connectivity index (χ0v) is 16.2. The van der Waals surface area contributed by atoms with E-state index in [9.17, 15) is 14.0 Å². The van der Waals surface area contributed by atoms with E-state index in [-0.39, 0.29) is 17.9 Å². The number of hydrogen-bond acceptors (Lipinski definition) is 5. The molecule has 3 amide bonds. The number of nitrogens with zero attached hydrogens (tertiary/aromatic N) is 3. The molecule has 0 radical (unpaired) electrons. The Labute approximate surface area is 161 Å². The molecule has 0 aliphatic heterocycles. The summed E-state index contributed by atoms with van der Waals surface area (Å²) in [6.07, 6.45) is 1.93. The predicted molar refractivity (Wildman–Crippen MR) is 101 cm³/mol. The fourth-order valence-electron chi connectivity index (χ4n) is 2.57. The van der Waals surface area contributed by atoms with Crippen LogP contribution < -0.4 is 10.6 Å². The van der Waals surface area contributed by atoms with Crippen LogP contribution in [0.5, 0.6) is 0 Å². The third-order valence-electron chi connectivity index (χ3n) is 4.00. The molecule has 2 aromatic rings. The van der Waals surface area contributed by atoms with Gasteiger partial charge in [0.25, 0.3) is 0 Å². The van der Waals surface area contributed by atoms with E-state index < -0.39 is 17.2 Å². The first-order valence-corrected chi connectivity index (χ1v) is 9.72. The number of urea groups is 1. The van der Waals surface area contributed by atoms with Crippen molar-refractivity contribution in [3.05, 3.63) is 30.1 Å². The highest BCUT2D eigenvalue weighted by atomic mass is 32.2. The number of benzene rings is 1. The van der Waals surface area contributed by atoms with E-state index in [2.05, 4.69) is 20.8 Å². The van der Waals surface area contributed by atoms with Crippen LogP contribution in [0.4, 0.5) is 9.18 Å². The largest absolute Gasteiger partial charge is 0.336 e. The minimum Gasteiger partial charge on any atom is -0.336 e. The molecule has 1 fully saturated rings. The SMILES string of the molecule is CC(C)NC(=O)NC(=O)[C@H](C)Sc1nnc(-c2ccccc2F)n1C1CC1. The topological polar surface area (TPSA) is 88.9 Å². The number of nitrogens with one attached hydrogen (secondary N) is 2. The van der Waals surface area contributed by atoms with Crippen LogP contribution in [0.1, 0.15) is 39.7 Å². The summed E-state index contributed by atoms with van der Waals surface area (Å²) >= 11 is 1.20. The molecule has 1 aromatic heterocycles. The fraction of sp³-hybridized carbons (Fsp3) is 0.444. The molecule has 144 valence electrons. The Morgan fingerprint density at radius 2 is 1.93 bits per heavy atom. The highest BCUT2D eigenvalue weighted by Gasteiger charge is 2.32. The quantitative estimate of drug-likeness (QED) is 0.739. The zero-order chi connectivity index (χ0) is 19.6. The third kappa shape index (κ3) is 4.65. The van der Waals surface area contributed by atoms with Crippen molar-refractivity contribution in [2.45, 2.75) is 56.1 Å². The molecule has 0 saturated heterocycles. The Bertz CT molecular complexity index is 850. The van der Waals surface area contributed by atoms with Gasteiger partial charge in [0.15, 0.2) is 11.0 Å². The second kappa shape index (κ2) is 8.08. The summed E-state index contributed by atoms with van der Waals surface area (Å²) in [5.74, 6) is -0.321. The smallest absolute Gasteiger partial charge is 0.321 e. The lowest BCUT2D eigenvalue weighted by molar-refractivity contribution is -0.119. The number of carbonyl (C=O) groups is 2. The Morgan fingerprint density at radius 1 is 1.22 bits per heavy atom. The van der Waals surface area contributed by atoms with Crippen molar-refractivity contribution >= 4 is 23.7 Å². The van der Waals surface area contributed by atoms with Gasteiger partial charge in [0.05, 0.1) is 10.8 Å². The molecule has 0 unspecified atom stereocenters. The molecule has 0 bridgehead atoms. The van der Waals surface area contributed by atoms with Crippen LogP contribution in [-0.4, -0.2) is 38.0 Å². The standard InChI is InChI=1S/C18H22FN5O2S/c1-10(2)20-17(26)21-16(25)11(3)27-18-23-22-15(24(18)12-8-9-12)13-6-4-5-7-14(13)19/h4-7,10-12H,8-9H2,1-3H3,(H2,20,21,25,26)/t11-/m0/s1. The van der Waals surface area contributed by atoms with Gasteiger partial charge in [-0.15, -0.1) is 10.2 Å². The molecule has 3 rings (SSSR count). The Balaban J connectivity index is 1.77. The van der Waals surface area contributed by atoms with E-state index in [1.165, 1.54) is 17.8 Å². The number of amides is 3. The van der Waals surface area contributed by atoms with Crippen molar-refractivity contribution < 1.29 is 14.0 Å². The van der Waals surface area contributed by atoms with E-state index >= 15 is 0 Å². The molecular weight excluding hydrogens is 369 g/mol. The first-order valence-electron chi connectivity index (χ1n) is 8.84. The summed E-state index contributed by atoms with van der Waals surface area (Å²) in [7, 11) is 0. The van der Waals surface area contributed by atoms with Gasteiger partial charge >= 0.3 is 6.03 Å². The molecule has 2 N–H and O–H groups in total. The Kier molecular flexibility index (Phi) is 5.79. The van der Waals surface area contributed by atoms with Crippen molar-refractivity contribution in [1.82, 2.24) is 25.4 Å². The van der Waals surface area contributed by atoms with Crippen molar-refractivity contribution in [3.8, 4) is 11.4 Å². The average molecular weight is 391 g/mol. The Morgan fingerprint density at radius 3 is 2.56 bits per heavy atom. The van der Waals surface area contributed by atoms with Crippen molar-refractivity contribution in [3.63, 3.8) is 0 Å². The average Bonchev–Trinajstić information content (AvgIpc) is 3.35. The lowest BCUT2D eigenvalue weighted by Crippen LogP contribution is -2.45. The summed E-state index contributed by atoms with van der Waals surface area (Å²) in [6.45, 7) is 5.31. The molecule has 7 nitrogen and oxygen atoms in total. The van der Waals surface area contributed by atoms with E-state index in [0.29, 0.717) is 16.5 Å². The number of carbonyl (C=O) groups excluding carboxylic acids is 2. The van der Waals surface area contributed by atoms with Gasteiger partial charge in [-0.3, -0.25) is 14.7 Å². The number of aromatic nitrogens is 3. The lowest BCUT2D eigenvalue weighted by atomic mass is 10.2. The predicted octanol–water partition coefficient (Wildman–Crippen LogP) is 3.13. The molecular formula is C18H22FN5O2S. The second-order valence-corrected chi connectivity index (χ2v) is 8.07. The molecule has 1 aliphatic carbocycles. The minimum absolute atomic E-state index is 0.0675. The maximum atomic E-state index is 14.2. The van der Waals surface area contributed by atoms with Gasteiger partial charge in [-0.2, -0.15) is 0 Å². The highest BCUT2D eigenvalue weighted by molar-refractivity contribution is 8.00. The van der Waals surface area contributed by atoms with Gasteiger partial charge in [0.1, 0.15) is 5.82 Å².